The highest BCUT2D eigenvalue weighted by atomic mass is 79.9. The minimum atomic E-state index is -0.146. The van der Waals surface area contributed by atoms with Gasteiger partial charge in [0.1, 0.15) is 0 Å². The average molecular weight is 403 g/mol. The molecular weight excluding hydrogens is 380 g/mol. The van der Waals surface area contributed by atoms with Gasteiger partial charge in [0, 0.05) is 44.1 Å². The summed E-state index contributed by atoms with van der Waals surface area (Å²) in [4.78, 5) is 29.0. The van der Waals surface area contributed by atoms with Crippen molar-refractivity contribution < 1.29 is 9.59 Å². The Labute approximate surface area is 149 Å². The van der Waals surface area contributed by atoms with Crippen molar-refractivity contribution in [2.45, 2.75) is 13.5 Å². The van der Waals surface area contributed by atoms with E-state index in [-0.39, 0.29) is 18.4 Å². The molecule has 1 fully saturated rings. The first-order chi connectivity index (χ1) is 11.1. The van der Waals surface area contributed by atoms with Gasteiger partial charge in [0.25, 0.3) is 0 Å². The lowest BCUT2D eigenvalue weighted by molar-refractivity contribution is -0.127. The van der Waals surface area contributed by atoms with E-state index in [0.29, 0.717) is 13.1 Å². The molecule has 2 N–H and O–H groups in total. The lowest BCUT2D eigenvalue weighted by Crippen LogP contribution is -2.49. The maximum atomic E-state index is 11.8. The predicted octanol–water partition coefficient (Wildman–Crippen LogP) is 0.880. The number of halogens is 1. The van der Waals surface area contributed by atoms with Crippen molar-refractivity contribution in [2.75, 3.05) is 45.8 Å². The van der Waals surface area contributed by atoms with Crippen molar-refractivity contribution in [3.8, 4) is 0 Å². The van der Waals surface area contributed by atoms with Crippen LogP contribution in [0, 0.1) is 0 Å². The summed E-state index contributed by atoms with van der Waals surface area (Å²) in [6, 6.07) is 4.23. The summed E-state index contributed by atoms with van der Waals surface area (Å²) in [5, 5.41) is 5.32. The Morgan fingerprint density at radius 3 is 2.43 bits per heavy atom. The van der Waals surface area contributed by atoms with E-state index in [0.717, 1.165) is 36.5 Å². The molecule has 0 aliphatic carbocycles. The second kappa shape index (κ2) is 9.36. The van der Waals surface area contributed by atoms with E-state index in [1.54, 1.807) is 11.3 Å². The van der Waals surface area contributed by atoms with E-state index >= 15 is 0 Å². The van der Waals surface area contributed by atoms with Crippen LogP contribution in [0.25, 0.3) is 0 Å². The summed E-state index contributed by atoms with van der Waals surface area (Å²) in [7, 11) is 0. The molecule has 0 bridgehead atoms. The molecule has 2 amide bonds. The molecule has 2 rings (SSSR count). The van der Waals surface area contributed by atoms with Crippen molar-refractivity contribution >= 4 is 39.1 Å². The predicted molar refractivity (Wildman–Crippen MR) is 95.4 cm³/mol. The molecule has 1 aromatic heterocycles. The lowest BCUT2D eigenvalue weighted by Gasteiger charge is -2.34. The highest BCUT2D eigenvalue weighted by Crippen LogP contribution is 2.23. The van der Waals surface area contributed by atoms with Gasteiger partial charge in [-0.05, 0) is 35.0 Å². The minimum Gasteiger partial charge on any atom is -0.355 e. The van der Waals surface area contributed by atoms with Crippen LogP contribution in [0.1, 0.15) is 11.8 Å². The van der Waals surface area contributed by atoms with Gasteiger partial charge in [-0.15, -0.1) is 11.3 Å². The van der Waals surface area contributed by atoms with Crippen molar-refractivity contribution in [3.63, 3.8) is 0 Å². The first-order valence-electron chi connectivity index (χ1n) is 7.79. The summed E-state index contributed by atoms with van der Waals surface area (Å²) in [6.45, 7) is 7.48. The molecule has 1 aliphatic heterocycles. The molecule has 128 valence electrons. The largest absolute Gasteiger partial charge is 0.355 e. The van der Waals surface area contributed by atoms with Crippen LogP contribution >= 0.6 is 27.3 Å². The molecular formula is C15H23BrN4O2S. The van der Waals surface area contributed by atoms with Gasteiger partial charge < -0.3 is 10.6 Å². The van der Waals surface area contributed by atoms with Gasteiger partial charge in [-0.25, -0.2) is 0 Å². The average Bonchev–Trinajstić information content (AvgIpc) is 2.93. The topological polar surface area (TPSA) is 64.7 Å². The summed E-state index contributed by atoms with van der Waals surface area (Å²) in [6.07, 6.45) is 0. The Morgan fingerprint density at radius 2 is 1.83 bits per heavy atom. The van der Waals surface area contributed by atoms with Gasteiger partial charge in [0.05, 0.1) is 16.9 Å². The van der Waals surface area contributed by atoms with Crippen LogP contribution in [-0.4, -0.2) is 67.4 Å². The standard InChI is InChI=1S/C15H23BrN4O2S/c1-2-17-14(21)9-18-15(22)11-20-7-5-19(6-8-20)10-12-3-4-13(16)23-12/h3-4H,2,5-11H2,1H3,(H,17,21)(H,18,22). The fraction of sp³-hybridized carbons (Fsp3) is 0.600. The van der Waals surface area contributed by atoms with Crippen LogP contribution in [0.3, 0.4) is 0 Å². The number of nitrogens with zero attached hydrogens (tertiary/aromatic N) is 2. The molecule has 1 saturated heterocycles. The number of likely N-dealkylation sites (N-methyl/N-ethyl adjacent to an activating group) is 1. The third-order valence-corrected chi connectivity index (χ3v) is 5.27. The Bertz CT molecular complexity index is 529. The number of hydrogen-bond acceptors (Lipinski definition) is 5. The summed E-state index contributed by atoms with van der Waals surface area (Å²) in [5.74, 6) is -0.236. The minimum absolute atomic E-state index is 0.0555. The van der Waals surface area contributed by atoms with Gasteiger partial charge in [0.2, 0.25) is 11.8 Å². The Balaban J connectivity index is 1.64. The number of hydrogen-bond donors (Lipinski definition) is 2. The van der Waals surface area contributed by atoms with Gasteiger partial charge in [-0.1, -0.05) is 0 Å². The number of rotatable bonds is 7. The van der Waals surface area contributed by atoms with Gasteiger partial charge in [-0.3, -0.25) is 19.4 Å². The quantitative estimate of drug-likeness (QED) is 0.710. The fourth-order valence-corrected chi connectivity index (χ4v) is 3.99. The summed E-state index contributed by atoms with van der Waals surface area (Å²) in [5.41, 5.74) is 0. The van der Waals surface area contributed by atoms with Crippen LogP contribution in [-0.2, 0) is 16.1 Å². The van der Waals surface area contributed by atoms with Crippen LogP contribution in [0.4, 0.5) is 0 Å². The normalized spacial score (nSPS) is 16.3. The van der Waals surface area contributed by atoms with Crippen molar-refractivity contribution in [1.82, 2.24) is 20.4 Å². The highest BCUT2D eigenvalue weighted by Gasteiger charge is 2.19. The second-order valence-corrected chi connectivity index (χ2v) is 8.04. The molecule has 6 nitrogen and oxygen atoms in total. The highest BCUT2D eigenvalue weighted by molar-refractivity contribution is 9.11. The van der Waals surface area contributed by atoms with Gasteiger partial charge in [0.15, 0.2) is 0 Å². The molecule has 1 aromatic rings. The zero-order chi connectivity index (χ0) is 16.7. The number of thiophene rings is 1. The molecule has 8 heteroatoms. The van der Waals surface area contributed by atoms with E-state index in [9.17, 15) is 9.59 Å². The fourth-order valence-electron chi connectivity index (χ4n) is 2.46. The number of piperazine rings is 1. The first kappa shape index (κ1) is 18.4. The molecule has 1 aliphatic rings. The van der Waals surface area contributed by atoms with Crippen molar-refractivity contribution in [3.05, 3.63) is 20.8 Å². The smallest absolute Gasteiger partial charge is 0.239 e. The molecule has 0 atom stereocenters. The molecule has 0 unspecified atom stereocenters. The first-order valence-corrected chi connectivity index (χ1v) is 9.40. The summed E-state index contributed by atoms with van der Waals surface area (Å²) < 4.78 is 1.16. The van der Waals surface area contributed by atoms with Gasteiger partial charge >= 0.3 is 0 Å². The maximum Gasteiger partial charge on any atom is 0.239 e. The zero-order valence-electron chi connectivity index (χ0n) is 13.3. The van der Waals surface area contributed by atoms with Crippen LogP contribution in [0.15, 0.2) is 15.9 Å². The third kappa shape index (κ3) is 6.58. The Kier molecular flexibility index (Phi) is 7.48. The van der Waals surface area contributed by atoms with E-state index in [1.165, 1.54) is 4.88 Å². The van der Waals surface area contributed by atoms with E-state index in [4.69, 9.17) is 0 Å². The zero-order valence-corrected chi connectivity index (χ0v) is 15.7. The molecule has 0 aromatic carbocycles. The molecule has 0 saturated carbocycles. The summed E-state index contributed by atoms with van der Waals surface area (Å²) >= 11 is 5.25. The number of nitrogens with one attached hydrogen (secondary N) is 2. The van der Waals surface area contributed by atoms with Crippen LogP contribution in [0.5, 0.6) is 0 Å². The monoisotopic (exact) mass is 402 g/mol. The van der Waals surface area contributed by atoms with E-state index in [1.807, 2.05) is 6.92 Å². The van der Waals surface area contributed by atoms with Crippen LogP contribution < -0.4 is 10.6 Å². The lowest BCUT2D eigenvalue weighted by atomic mass is 10.3. The molecule has 23 heavy (non-hydrogen) atoms. The third-order valence-electron chi connectivity index (χ3n) is 3.66. The van der Waals surface area contributed by atoms with Gasteiger partial charge in [-0.2, -0.15) is 0 Å². The second-order valence-electron chi connectivity index (χ2n) is 5.49. The molecule has 0 spiro atoms. The van der Waals surface area contributed by atoms with E-state index in [2.05, 4.69) is 48.5 Å². The van der Waals surface area contributed by atoms with Crippen molar-refractivity contribution in [2.24, 2.45) is 0 Å². The number of amides is 2. The maximum absolute atomic E-state index is 11.8. The SMILES string of the molecule is CCNC(=O)CNC(=O)CN1CCN(Cc2ccc(Br)s2)CC1. The van der Waals surface area contributed by atoms with Crippen LogP contribution in [0.2, 0.25) is 0 Å². The van der Waals surface area contributed by atoms with E-state index < -0.39 is 0 Å². The Morgan fingerprint density at radius 1 is 1.13 bits per heavy atom. The number of carbonyl (C=O) groups excluding carboxylic acids is 2. The number of carbonyl (C=O) groups is 2. The van der Waals surface area contributed by atoms with Crippen molar-refractivity contribution in [1.29, 1.82) is 0 Å². The molecule has 0 radical (unpaired) electrons. The molecule has 2 heterocycles. The Hall–Kier alpha value is -0.960.